The van der Waals surface area contributed by atoms with E-state index in [9.17, 15) is 13.9 Å². The third-order valence-corrected chi connectivity index (χ3v) is 3.22. The number of benzene rings is 2. The second-order valence-electron chi connectivity index (χ2n) is 4.11. The Bertz CT molecular complexity index is 564. The minimum Gasteiger partial charge on any atom is -0.384 e. The maximum atomic E-state index is 13.1. The van der Waals surface area contributed by atoms with Crippen molar-refractivity contribution in [1.82, 2.24) is 0 Å². The molecule has 0 saturated carbocycles. The van der Waals surface area contributed by atoms with Gasteiger partial charge in [-0.05, 0) is 47.9 Å². The maximum absolute atomic E-state index is 13.1. The maximum Gasteiger partial charge on any atom is 0.126 e. The predicted molar refractivity (Wildman–Crippen MR) is 69.3 cm³/mol. The lowest BCUT2D eigenvalue weighted by atomic mass is 9.97. The number of hydrogen-bond acceptors (Lipinski definition) is 1. The van der Waals surface area contributed by atoms with Gasteiger partial charge in [-0.1, -0.05) is 22.0 Å². The molecule has 0 radical (unpaired) electrons. The molecule has 0 aliphatic heterocycles. The van der Waals surface area contributed by atoms with Crippen LogP contribution in [0.5, 0.6) is 0 Å². The summed E-state index contributed by atoms with van der Waals surface area (Å²) in [5.74, 6) is -1.39. The van der Waals surface area contributed by atoms with Crippen molar-refractivity contribution >= 4 is 15.9 Å². The first-order valence-corrected chi connectivity index (χ1v) is 6.17. The van der Waals surface area contributed by atoms with Gasteiger partial charge in [0, 0.05) is 10.5 Å². The molecular weight excluding hydrogens is 302 g/mol. The van der Waals surface area contributed by atoms with Crippen molar-refractivity contribution in [2.75, 3.05) is 0 Å². The molecule has 1 atom stereocenters. The molecule has 94 valence electrons. The first-order valence-electron chi connectivity index (χ1n) is 5.37. The molecule has 2 aromatic carbocycles. The lowest BCUT2D eigenvalue weighted by molar-refractivity contribution is 0.218. The minimum absolute atomic E-state index is 0.206. The molecule has 2 aromatic rings. The first kappa shape index (κ1) is 13.2. The lowest BCUT2D eigenvalue weighted by Gasteiger charge is -2.14. The Balaban J connectivity index is 2.44. The van der Waals surface area contributed by atoms with E-state index < -0.39 is 17.7 Å². The van der Waals surface area contributed by atoms with E-state index in [2.05, 4.69) is 15.9 Å². The van der Waals surface area contributed by atoms with Crippen LogP contribution in [0.1, 0.15) is 22.8 Å². The van der Waals surface area contributed by atoms with Gasteiger partial charge in [-0.25, -0.2) is 8.78 Å². The Hall–Kier alpha value is -1.26. The Morgan fingerprint density at radius 3 is 2.22 bits per heavy atom. The monoisotopic (exact) mass is 312 g/mol. The number of rotatable bonds is 2. The molecular formula is C14H11BrF2O. The van der Waals surface area contributed by atoms with Crippen LogP contribution in [0.4, 0.5) is 8.78 Å². The standard InChI is InChI=1S/C14H11BrF2O/c1-8-4-10(15)2-3-13(8)14(18)9-5-11(16)7-12(17)6-9/h2-7,14,18H,1H3. The van der Waals surface area contributed by atoms with E-state index in [4.69, 9.17) is 0 Å². The highest BCUT2D eigenvalue weighted by Gasteiger charge is 2.15. The van der Waals surface area contributed by atoms with Crippen LogP contribution >= 0.6 is 15.9 Å². The Labute approximate surface area is 112 Å². The van der Waals surface area contributed by atoms with Crippen LogP contribution in [0.15, 0.2) is 40.9 Å². The molecule has 0 fully saturated rings. The Morgan fingerprint density at radius 1 is 1.06 bits per heavy atom. The molecule has 0 heterocycles. The molecule has 1 unspecified atom stereocenters. The summed E-state index contributed by atoms with van der Waals surface area (Å²) in [6, 6.07) is 8.40. The molecule has 18 heavy (non-hydrogen) atoms. The van der Waals surface area contributed by atoms with Crippen molar-refractivity contribution in [3.05, 3.63) is 69.2 Å². The SMILES string of the molecule is Cc1cc(Br)ccc1C(O)c1cc(F)cc(F)c1. The summed E-state index contributed by atoms with van der Waals surface area (Å²) in [6.45, 7) is 1.83. The third-order valence-electron chi connectivity index (χ3n) is 2.73. The quantitative estimate of drug-likeness (QED) is 0.884. The molecule has 0 saturated heterocycles. The smallest absolute Gasteiger partial charge is 0.126 e. The van der Waals surface area contributed by atoms with Crippen LogP contribution in [-0.2, 0) is 0 Å². The van der Waals surface area contributed by atoms with Gasteiger partial charge in [-0.2, -0.15) is 0 Å². The van der Waals surface area contributed by atoms with Crippen molar-refractivity contribution in [1.29, 1.82) is 0 Å². The molecule has 4 heteroatoms. The fraction of sp³-hybridized carbons (Fsp3) is 0.143. The Kier molecular flexibility index (Phi) is 3.78. The highest BCUT2D eigenvalue weighted by atomic mass is 79.9. The number of halogens is 3. The van der Waals surface area contributed by atoms with E-state index in [0.717, 1.165) is 28.2 Å². The van der Waals surface area contributed by atoms with Crippen LogP contribution in [0.2, 0.25) is 0 Å². The zero-order valence-corrected chi connectivity index (χ0v) is 11.2. The van der Waals surface area contributed by atoms with Gasteiger partial charge in [0.2, 0.25) is 0 Å². The summed E-state index contributed by atoms with van der Waals surface area (Å²) in [6.07, 6.45) is -1.04. The number of aliphatic hydroxyl groups is 1. The average Bonchev–Trinajstić information content (AvgIpc) is 2.26. The van der Waals surface area contributed by atoms with E-state index in [1.165, 1.54) is 0 Å². The molecule has 0 aliphatic rings. The molecule has 0 aromatic heterocycles. The predicted octanol–water partition coefficient (Wildman–Crippen LogP) is 4.12. The van der Waals surface area contributed by atoms with Crippen molar-refractivity contribution in [3.8, 4) is 0 Å². The van der Waals surface area contributed by atoms with Gasteiger partial charge in [0.05, 0.1) is 0 Å². The molecule has 0 aliphatic carbocycles. The van der Waals surface area contributed by atoms with Gasteiger partial charge >= 0.3 is 0 Å². The van der Waals surface area contributed by atoms with Crippen LogP contribution in [0.3, 0.4) is 0 Å². The summed E-state index contributed by atoms with van der Waals surface area (Å²) >= 11 is 3.32. The fourth-order valence-corrected chi connectivity index (χ4v) is 2.33. The van der Waals surface area contributed by atoms with Crippen molar-refractivity contribution < 1.29 is 13.9 Å². The highest BCUT2D eigenvalue weighted by Crippen LogP contribution is 2.27. The molecule has 0 amide bonds. The molecule has 0 bridgehead atoms. The molecule has 1 nitrogen and oxygen atoms in total. The summed E-state index contributed by atoms with van der Waals surface area (Å²) < 4.78 is 27.1. The van der Waals surface area contributed by atoms with E-state index >= 15 is 0 Å². The number of aryl methyl sites for hydroxylation is 1. The second-order valence-corrected chi connectivity index (χ2v) is 5.02. The average molecular weight is 313 g/mol. The molecule has 0 spiro atoms. The van der Waals surface area contributed by atoms with E-state index in [1.54, 1.807) is 12.1 Å². The Morgan fingerprint density at radius 2 is 1.67 bits per heavy atom. The van der Waals surface area contributed by atoms with Crippen LogP contribution in [0, 0.1) is 18.6 Å². The molecule has 1 N–H and O–H groups in total. The second kappa shape index (κ2) is 5.16. The lowest BCUT2D eigenvalue weighted by Crippen LogP contribution is -2.03. The fourth-order valence-electron chi connectivity index (χ4n) is 1.86. The van der Waals surface area contributed by atoms with Crippen molar-refractivity contribution in [2.45, 2.75) is 13.0 Å². The zero-order valence-electron chi connectivity index (χ0n) is 9.62. The van der Waals surface area contributed by atoms with Gasteiger partial charge in [0.1, 0.15) is 17.7 Å². The van der Waals surface area contributed by atoms with Gasteiger partial charge in [0.25, 0.3) is 0 Å². The van der Waals surface area contributed by atoms with Gasteiger partial charge in [0.15, 0.2) is 0 Å². The van der Waals surface area contributed by atoms with Gasteiger partial charge in [-0.3, -0.25) is 0 Å². The van der Waals surface area contributed by atoms with Crippen molar-refractivity contribution in [3.63, 3.8) is 0 Å². The largest absolute Gasteiger partial charge is 0.384 e. The summed E-state index contributed by atoms with van der Waals surface area (Å²) in [5, 5.41) is 10.2. The van der Waals surface area contributed by atoms with E-state index in [0.29, 0.717) is 5.56 Å². The molecule has 2 rings (SSSR count). The summed E-state index contributed by atoms with van der Waals surface area (Å²) in [4.78, 5) is 0. The normalized spacial score (nSPS) is 12.5. The third kappa shape index (κ3) is 2.76. The zero-order chi connectivity index (χ0) is 13.3. The first-order chi connectivity index (χ1) is 8.47. The van der Waals surface area contributed by atoms with Gasteiger partial charge < -0.3 is 5.11 Å². The van der Waals surface area contributed by atoms with Crippen LogP contribution in [-0.4, -0.2) is 5.11 Å². The van der Waals surface area contributed by atoms with Crippen LogP contribution in [0.25, 0.3) is 0 Å². The van der Waals surface area contributed by atoms with E-state index in [1.807, 2.05) is 13.0 Å². The van der Waals surface area contributed by atoms with Gasteiger partial charge in [-0.15, -0.1) is 0 Å². The van der Waals surface area contributed by atoms with Crippen LogP contribution < -0.4 is 0 Å². The summed E-state index contributed by atoms with van der Waals surface area (Å²) in [7, 11) is 0. The number of aliphatic hydroxyl groups excluding tert-OH is 1. The summed E-state index contributed by atoms with van der Waals surface area (Å²) in [5.41, 5.74) is 1.68. The topological polar surface area (TPSA) is 20.2 Å². The van der Waals surface area contributed by atoms with Crippen molar-refractivity contribution in [2.24, 2.45) is 0 Å². The van der Waals surface area contributed by atoms with E-state index in [-0.39, 0.29) is 5.56 Å². The number of hydrogen-bond donors (Lipinski definition) is 1. The highest BCUT2D eigenvalue weighted by molar-refractivity contribution is 9.10. The minimum atomic E-state index is -1.04.